The Kier molecular flexibility index (Phi) is 6.13. The molecule has 0 saturated carbocycles. The first kappa shape index (κ1) is 17.7. The first-order chi connectivity index (χ1) is 11.5. The van der Waals surface area contributed by atoms with Gasteiger partial charge in [0.15, 0.2) is 12.4 Å². The van der Waals surface area contributed by atoms with Crippen molar-refractivity contribution in [3.05, 3.63) is 59.7 Å². The average Bonchev–Trinajstić information content (AvgIpc) is 2.60. The number of hydrogen-bond acceptors (Lipinski definition) is 3. The van der Waals surface area contributed by atoms with Gasteiger partial charge >= 0.3 is 0 Å². The van der Waals surface area contributed by atoms with Crippen LogP contribution in [0.25, 0.3) is 0 Å². The molecule has 2 aromatic rings. The van der Waals surface area contributed by atoms with Crippen LogP contribution in [0.15, 0.2) is 48.5 Å². The SMILES string of the molecule is CCC(=O)c1ccc(OCC(=O)Nc2ccc(C(C)C)cc2)cc1. The first-order valence-corrected chi connectivity index (χ1v) is 8.15. The van der Waals surface area contributed by atoms with Gasteiger partial charge < -0.3 is 10.1 Å². The van der Waals surface area contributed by atoms with Crippen molar-refractivity contribution in [1.29, 1.82) is 0 Å². The molecule has 0 saturated heterocycles. The van der Waals surface area contributed by atoms with Crippen LogP contribution in [0.5, 0.6) is 5.75 Å². The zero-order chi connectivity index (χ0) is 17.5. The van der Waals surface area contributed by atoms with Crippen LogP contribution in [0.2, 0.25) is 0 Å². The fourth-order valence-corrected chi connectivity index (χ4v) is 2.24. The van der Waals surface area contributed by atoms with Crippen LogP contribution in [-0.2, 0) is 4.79 Å². The normalized spacial score (nSPS) is 10.5. The summed E-state index contributed by atoms with van der Waals surface area (Å²) in [4.78, 5) is 23.5. The smallest absolute Gasteiger partial charge is 0.262 e. The second-order valence-corrected chi connectivity index (χ2v) is 5.91. The van der Waals surface area contributed by atoms with E-state index >= 15 is 0 Å². The lowest BCUT2D eigenvalue weighted by atomic mass is 10.0. The van der Waals surface area contributed by atoms with Gasteiger partial charge in [0, 0.05) is 17.7 Å². The van der Waals surface area contributed by atoms with E-state index in [9.17, 15) is 9.59 Å². The standard InChI is InChI=1S/C20H23NO3/c1-4-19(22)16-7-11-18(12-8-16)24-13-20(23)21-17-9-5-15(6-10-17)14(2)3/h5-12,14H,4,13H2,1-3H3,(H,21,23). The molecule has 0 spiro atoms. The van der Waals surface area contributed by atoms with Crippen LogP contribution in [0.3, 0.4) is 0 Å². The summed E-state index contributed by atoms with van der Waals surface area (Å²) in [5.41, 5.74) is 2.63. The van der Waals surface area contributed by atoms with Gasteiger partial charge in [-0.3, -0.25) is 9.59 Å². The quantitative estimate of drug-likeness (QED) is 0.767. The Morgan fingerprint density at radius 3 is 2.17 bits per heavy atom. The number of nitrogens with one attached hydrogen (secondary N) is 1. The zero-order valence-corrected chi connectivity index (χ0v) is 14.3. The number of ether oxygens (including phenoxy) is 1. The van der Waals surface area contributed by atoms with E-state index in [0.717, 1.165) is 5.69 Å². The van der Waals surface area contributed by atoms with Crippen molar-refractivity contribution < 1.29 is 14.3 Å². The maximum Gasteiger partial charge on any atom is 0.262 e. The van der Waals surface area contributed by atoms with Crippen LogP contribution in [0, 0.1) is 0 Å². The van der Waals surface area contributed by atoms with E-state index in [0.29, 0.717) is 23.7 Å². The summed E-state index contributed by atoms with van der Waals surface area (Å²) in [5.74, 6) is 0.888. The van der Waals surface area contributed by atoms with E-state index in [1.807, 2.05) is 31.2 Å². The highest BCUT2D eigenvalue weighted by Crippen LogP contribution is 2.17. The van der Waals surface area contributed by atoms with Gasteiger partial charge in [0.25, 0.3) is 5.91 Å². The molecule has 0 aliphatic heterocycles. The van der Waals surface area contributed by atoms with Crippen molar-refractivity contribution in [2.75, 3.05) is 11.9 Å². The molecule has 2 aromatic carbocycles. The molecule has 0 unspecified atom stereocenters. The number of benzene rings is 2. The van der Waals surface area contributed by atoms with Gasteiger partial charge in [-0.25, -0.2) is 0 Å². The molecule has 24 heavy (non-hydrogen) atoms. The predicted molar refractivity (Wildman–Crippen MR) is 95.7 cm³/mol. The van der Waals surface area contributed by atoms with Gasteiger partial charge in [0.1, 0.15) is 5.75 Å². The highest BCUT2D eigenvalue weighted by atomic mass is 16.5. The molecule has 0 radical (unpaired) electrons. The lowest BCUT2D eigenvalue weighted by Gasteiger charge is -2.09. The fourth-order valence-electron chi connectivity index (χ4n) is 2.24. The second-order valence-electron chi connectivity index (χ2n) is 5.91. The molecule has 0 fully saturated rings. The van der Waals surface area contributed by atoms with Gasteiger partial charge in [0.05, 0.1) is 0 Å². The van der Waals surface area contributed by atoms with Gasteiger partial charge in [-0.05, 0) is 47.9 Å². The van der Waals surface area contributed by atoms with Crippen molar-refractivity contribution in [3.8, 4) is 5.75 Å². The van der Waals surface area contributed by atoms with Gasteiger partial charge in [-0.2, -0.15) is 0 Å². The summed E-state index contributed by atoms with van der Waals surface area (Å²) in [6.07, 6.45) is 0.470. The number of ketones is 1. The Labute approximate surface area is 142 Å². The number of anilines is 1. The van der Waals surface area contributed by atoms with Crippen molar-refractivity contribution in [2.45, 2.75) is 33.1 Å². The minimum absolute atomic E-state index is 0.0764. The average molecular weight is 325 g/mol. The molecule has 0 aromatic heterocycles. The summed E-state index contributed by atoms with van der Waals surface area (Å²) in [7, 11) is 0. The molecular formula is C20H23NO3. The summed E-state index contributed by atoms with van der Waals surface area (Å²) in [6, 6.07) is 14.6. The van der Waals surface area contributed by atoms with Gasteiger partial charge in [-0.15, -0.1) is 0 Å². The highest BCUT2D eigenvalue weighted by Gasteiger charge is 2.06. The van der Waals surface area contributed by atoms with E-state index < -0.39 is 0 Å². The number of hydrogen-bond donors (Lipinski definition) is 1. The molecule has 4 heteroatoms. The van der Waals surface area contributed by atoms with E-state index in [1.165, 1.54) is 5.56 Å². The van der Waals surface area contributed by atoms with Crippen molar-refractivity contribution in [3.63, 3.8) is 0 Å². The Hall–Kier alpha value is -2.62. The second kappa shape index (κ2) is 8.29. The third-order valence-corrected chi connectivity index (χ3v) is 3.73. The molecule has 0 aliphatic carbocycles. The number of carbonyl (C=O) groups excluding carboxylic acids is 2. The summed E-state index contributed by atoms with van der Waals surface area (Å²) < 4.78 is 5.45. The van der Waals surface area contributed by atoms with Crippen LogP contribution >= 0.6 is 0 Å². The molecule has 4 nitrogen and oxygen atoms in total. The van der Waals surface area contributed by atoms with E-state index in [1.54, 1.807) is 24.3 Å². The van der Waals surface area contributed by atoms with Crippen LogP contribution in [0.1, 0.15) is 49.0 Å². The summed E-state index contributed by atoms with van der Waals surface area (Å²) >= 11 is 0. The number of carbonyl (C=O) groups is 2. The lowest BCUT2D eigenvalue weighted by Crippen LogP contribution is -2.20. The molecule has 1 N–H and O–H groups in total. The van der Waals surface area contributed by atoms with Crippen LogP contribution < -0.4 is 10.1 Å². The topological polar surface area (TPSA) is 55.4 Å². The molecule has 0 atom stereocenters. The molecule has 1 amide bonds. The van der Waals surface area contributed by atoms with E-state index in [2.05, 4.69) is 19.2 Å². The number of Topliss-reactive ketones (excluding diaryl/α,β-unsaturated/α-hetero) is 1. The molecule has 2 rings (SSSR count). The fraction of sp³-hybridized carbons (Fsp3) is 0.300. The van der Waals surface area contributed by atoms with Crippen molar-refractivity contribution >= 4 is 17.4 Å². The van der Waals surface area contributed by atoms with Gasteiger partial charge in [0.2, 0.25) is 0 Å². The molecule has 0 bridgehead atoms. The summed E-state index contributed by atoms with van der Waals surface area (Å²) in [6.45, 7) is 6.00. The van der Waals surface area contributed by atoms with E-state index in [4.69, 9.17) is 4.74 Å². The summed E-state index contributed by atoms with van der Waals surface area (Å²) in [5, 5.41) is 2.80. The Bertz CT molecular complexity index is 688. The lowest BCUT2D eigenvalue weighted by molar-refractivity contribution is -0.118. The van der Waals surface area contributed by atoms with Gasteiger partial charge in [-0.1, -0.05) is 32.9 Å². The maximum atomic E-state index is 11.9. The monoisotopic (exact) mass is 325 g/mol. The Morgan fingerprint density at radius 1 is 1.00 bits per heavy atom. The molecule has 0 heterocycles. The van der Waals surface area contributed by atoms with Crippen LogP contribution in [0.4, 0.5) is 5.69 Å². The predicted octanol–water partition coefficient (Wildman–Crippen LogP) is 4.42. The Morgan fingerprint density at radius 2 is 1.62 bits per heavy atom. The number of rotatable bonds is 7. The molecular weight excluding hydrogens is 302 g/mol. The minimum atomic E-state index is -0.221. The van der Waals surface area contributed by atoms with Crippen molar-refractivity contribution in [1.82, 2.24) is 0 Å². The zero-order valence-electron chi connectivity index (χ0n) is 14.3. The van der Waals surface area contributed by atoms with Crippen molar-refractivity contribution in [2.24, 2.45) is 0 Å². The molecule has 0 aliphatic rings. The first-order valence-electron chi connectivity index (χ1n) is 8.15. The highest BCUT2D eigenvalue weighted by molar-refractivity contribution is 5.96. The number of amides is 1. The third-order valence-electron chi connectivity index (χ3n) is 3.73. The molecule has 126 valence electrons. The Balaban J connectivity index is 1.85. The van der Waals surface area contributed by atoms with E-state index in [-0.39, 0.29) is 18.3 Å². The third kappa shape index (κ3) is 4.95. The maximum absolute atomic E-state index is 11.9. The minimum Gasteiger partial charge on any atom is -0.484 e. The van der Waals surface area contributed by atoms with Crippen LogP contribution in [-0.4, -0.2) is 18.3 Å². The largest absolute Gasteiger partial charge is 0.484 e.